The number of likely N-dealkylation sites (tertiary alicyclic amines) is 1. The van der Waals surface area contributed by atoms with E-state index < -0.39 is 77.9 Å². The highest BCUT2D eigenvalue weighted by atomic mass is 16.7. The molecule has 2 rings (SSSR count). The molecular formula is C32H49N3O11. The Morgan fingerprint density at radius 1 is 0.848 bits per heavy atom. The average Bonchev–Trinajstić information content (AvgIpc) is 3.21. The molecular weight excluding hydrogens is 602 g/mol. The molecule has 3 amide bonds. The highest BCUT2D eigenvalue weighted by Gasteiger charge is 2.50. The zero-order valence-corrected chi connectivity index (χ0v) is 28.7. The number of amides is 3. The van der Waals surface area contributed by atoms with Crippen molar-refractivity contribution in [1.82, 2.24) is 15.5 Å². The summed E-state index contributed by atoms with van der Waals surface area (Å²) in [5, 5.41) is 4.80. The average molecular weight is 652 g/mol. The van der Waals surface area contributed by atoms with Crippen LogP contribution in [0.3, 0.4) is 0 Å². The van der Waals surface area contributed by atoms with Gasteiger partial charge in [0.05, 0.1) is 19.7 Å². The number of hydrogen-bond donors (Lipinski definition) is 2. The molecule has 0 saturated carbocycles. The lowest BCUT2D eigenvalue weighted by molar-refractivity contribution is -0.158. The lowest BCUT2D eigenvalue weighted by Gasteiger charge is -2.30. The van der Waals surface area contributed by atoms with E-state index in [1.54, 1.807) is 86.6 Å². The summed E-state index contributed by atoms with van der Waals surface area (Å²) in [5.41, 5.74) is -1.70. The van der Waals surface area contributed by atoms with E-state index in [9.17, 15) is 24.0 Å². The molecule has 1 unspecified atom stereocenters. The van der Waals surface area contributed by atoms with Crippen LogP contribution < -0.4 is 15.4 Å². The van der Waals surface area contributed by atoms with Gasteiger partial charge in [0.15, 0.2) is 12.2 Å². The molecule has 14 nitrogen and oxygen atoms in total. The Hall–Kier alpha value is -4.23. The van der Waals surface area contributed by atoms with Gasteiger partial charge < -0.3 is 39.1 Å². The lowest BCUT2D eigenvalue weighted by Crippen LogP contribution is -2.48. The Bertz CT molecular complexity index is 1230. The van der Waals surface area contributed by atoms with Crippen LogP contribution in [0.4, 0.5) is 14.4 Å². The summed E-state index contributed by atoms with van der Waals surface area (Å²) >= 11 is 0. The first kappa shape index (κ1) is 38.0. The van der Waals surface area contributed by atoms with Gasteiger partial charge in [0.25, 0.3) is 0 Å². The molecule has 1 fully saturated rings. The van der Waals surface area contributed by atoms with E-state index in [4.69, 9.17) is 28.4 Å². The van der Waals surface area contributed by atoms with Gasteiger partial charge in [0, 0.05) is 0 Å². The van der Waals surface area contributed by atoms with Crippen molar-refractivity contribution >= 4 is 30.2 Å². The predicted octanol–water partition coefficient (Wildman–Crippen LogP) is 4.12. The van der Waals surface area contributed by atoms with E-state index in [-0.39, 0.29) is 13.0 Å². The SMILES string of the molecule is COc1ccc(C[C@@H]2[C@H](OC(=O)NCC(=O)NC(C)C(=O)OC(C)(C)C)[C@@H](OC(=O)OC(C)(C)C)CN2C(=O)OC(C)(C)C)cc1. The van der Waals surface area contributed by atoms with Crippen LogP contribution in [0.1, 0.15) is 74.8 Å². The van der Waals surface area contributed by atoms with E-state index in [0.717, 1.165) is 5.56 Å². The highest BCUT2D eigenvalue weighted by molar-refractivity contribution is 5.87. The minimum absolute atomic E-state index is 0.166. The summed E-state index contributed by atoms with van der Waals surface area (Å²) in [4.78, 5) is 65.2. The molecule has 0 bridgehead atoms. The first-order valence-corrected chi connectivity index (χ1v) is 15.1. The normalized spacial score (nSPS) is 18.9. The Labute approximate surface area is 270 Å². The van der Waals surface area contributed by atoms with Gasteiger partial charge >= 0.3 is 24.3 Å². The second kappa shape index (κ2) is 15.4. The molecule has 1 aromatic carbocycles. The molecule has 1 aliphatic rings. The maximum absolute atomic E-state index is 13.4. The lowest BCUT2D eigenvalue weighted by atomic mass is 10.0. The van der Waals surface area contributed by atoms with E-state index in [1.807, 2.05) is 0 Å². The van der Waals surface area contributed by atoms with Crippen LogP contribution in [0, 0.1) is 0 Å². The Morgan fingerprint density at radius 3 is 1.93 bits per heavy atom. The minimum atomic E-state index is -1.19. The van der Waals surface area contributed by atoms with Gasteiger partial charge in [-0.2, -0.15) is 0 Å². The maximum atomic E-state index is 13.4. The van der Waals surface area contributed by atoms with Crippen LogP contribution in [0.15, 0.2) is 24.3 Å². The monoisotopic (exact) mass is 651 g/mol. The van der Waals surface area contributed by atoms with Gasteiger partial charge in [-0.15, -0.1) is 0 Å². The van der Waals surface area contributed by atoms with Crippen molar-refractivity contribution < 1.29 is 52.4 Å². The van der Waals surface area contributed by atoms with Gasteiger partial charge in [-0.3, -0.25) is 9.69 Å². The first-order chi connectivity index (χ1) is 21.1. The number of alkyl carbamates (subject to hydrolysis) is 1. The molecule has 2 N–H and O–H groups in total. The van der Waals surface area contributed by atoms with Gasteiger partial charge in [0.2, 0.25) is 5.91 Å². The van der Waals surface area contributed by atoms with Crippen LogP contribution >= 0.6 is 0 Å². The van der Waals surface area contributed by atoms with Crippen LogP contribution in [-0.2, 0) is 39.7 Å². The third-order valence-electron chi connectivity index (χ3n) is 6.17. The molecule has 0 radical (unpaired) electrons. The topological polar surface area (TPSA) is 168 Å². The summed E-state index contributed by atoms with van der Waals surface area (Å²) in [5.74, 6) is -0.690. The van der Waals surface area contributed by atoms with Crippen LogP contribution in [-0.4, -0.2) is 96.4 Å². The van der Waals surface area contributed by atoms with Crippen molar-refractivity contribution in [2.45, 2.75) is 117 Å². The fraction of sp³-hybridized carbons (Fsp3) is 0.656. The number of carbonyl (C=O) groups is 5. The fourth-order valence-corrected chi connectivity index (χ4v) is 4.33. The van der Waals surface area contributed by atoms with Gasteiger partial charge in [-0.25, -0.2) is 19.2 Å². The molecule has 1 aromatic rings. The van der Waals surface area contributed by atoms with E-state index in [1.165, 1.54) is 18.9 Å². The molecule has 1 aliphatic heterocycles. The first-order valence-electron chi connectivity index (χ1n) is 15.1. The molecule has 258 valence electrons. The molecule has 14 heteroatoms. The number of benzene rings is 1. The number of hydrogen-bond acceptors (Lipinski definition) is 11. The van der Waals surface area contributed by atoms with Crippen molar-refractivity contribution in [1.29, 1.82) is 0 Å². The van der Waals surface area contributed by atoms with Crippen molar-refractivity contribution in [3.8, 4) is 5.75 Å². The Kier molecular flexibility index (Phi) is 12.7. The maximum Gasteiger partial charge on any atom is 0.509 e. The van der Waals surface area contributed by atoms with Gasteiger partial charge in [0.1, 0.15) is 35.1 Å². The van der Waals surface area contributed by atoms with E-state index in [2.05, 4.69) is 10.6 Å². The molecule has 0 aromatic heterocycles. The predicted molar refractivity (Wildman–Crippen MR) is 166 cm³/mol. The third kappa shape index (κ3) is 13.0. The fourth-order valence-electron chi connectivity index (χ4n) is 4.33. The molecule has 1 heterocycles. The van der Waals surface area contributed by atoms with Crippen LogP contribution in [0.2, 0.25) is 0 Å². The highest BCUT2D eigenvalue weighted by Crippen LogP contribution is 2.30. The number of esters is 1. The van der Waals surface area contributed by atoms with E-state index in [0.29, 0.717) is 5.75 Å². The summed E-state index contributed by atoms with van der Waals surface area (Å²) in [7, 11) is 1.54. The Balaban J connectivity index is 2.29. The number of rotatable bonds is 9. The number of nitrogens with zero attached hydrogens (tertiary/aromatic N) is 1. The summed E-state index contributed by atoms with van der Waals surface area (Å²) in [6.45, 7) is 16.0. The molecule has 4 atom stereocenters. The van der Waals surface area contributed by atoms with Crippen molar-refractivity contribution in [3.05, 3.63) is 29.8 Å². The second-order valence-corrected chi connectivity index (χ2v) is 13.9. The smallest absolute Gasteiger partial charge is 0.497 e. The number of carbonyl (C=O) groups excluding carboxylic acids is 5. The largest absolute Gasteiger partial charge is 0.509 e. The summed E-state index contributed by atoms with van der Waals surface area (Å²) in [6.07, 6.45) is -4.89. The molecule has 0 aliphatic carbocycles. The van der Waals surface area contributed by atoms with Crippen LogP contribution in [0.25, 0.3) is 0 Å². The van der Waals surface area contributed by atoms with Gasteiger partial charge in [-0.1, -0.05) is 12.1 Å². The van der Waals surface area contributed by atoms with E-state index >= 15 is 0 Å². The zero-order valence-electron chi connectivity index (χ0n) is 28.7. The molecule has 46 heavy (non-hydrogen) atoms. The van der Waals surface area contributed by atoms with Gasteiger partial charge in [-0.05, 0) is 93.4 Å². The number of nitrogens with one attached hydrogen (secondary N) is 2. The van der Waals surface area contributed by atoms with Crippen molar-refractivity contribution in [2.24, 2.45) is 0 Å². The second-order valence-electron chi connectivity index (χ2n) is 13.9. The van der Waals surface area contributed by atoms with Crippen LogP contribution in [0.5, 0.6) is 5.75 Å². The molecule has 0 spiro atoms. The summed E-state index contributed by atoms with van der Waals surface area (Å²) in [6, 6.07) is 5.26. The Morgan fingerprint density at radius 2 is 1.41 bits per heavy atom. The van der Waals surface area contributed by atoms with Crippen molar-refractivity contribution in [2.75, 3.05) is 20.2 Å². The number of ether oxygens (including phenoxy) is 6. The third-order valence-corrected chi connectivity index (χ3v) is 6.17. The number of methoxy groups -OCH3 is 1. The quantitative estimate of drug-likeness (QED) is 0.291. The minimum Gasteiger partial charge on any atom is -0.497 e. The molecule has 1 saturated heterocycles. The zero-order chi connectivity index (χ0) is 35.0. The summed E-state index contributed by atoms with van der Waals surface area (Å²) < 4.78 is 32.8. The van der Waals surface area contributed by atoms with Crippen molar-refractivity contribution in [3.63, 3.8) is 0 Å². The standard InChI is InChI=1S/C32H49N3O11/c1-19(26(37)44-30(2,3)4)34-24(36)17-33-27(38)43-25-22(16-20-12-14-21(41-11)15-13-20)35(28(39)45-31(5,6)7)18-23(25)42-29(40)46-32(8,9)10/h12-15,19,22-23,25H,16-18H2,1-11H3,(H,33,38)(H,34,36)/t19?,22-,23+,25+/m1/s1.